The number of halogens is 2. The van der Waals surface area contributed by atoms with Crippen LogP contribution in [0.1, 0.15) is 25.3 Å². The van der Waals surface area contributed by atoms with Gasteiger partial charge in [0.2, 0.25) is 10.0 Å². The maximum atomic E-state index is 14.3. The van der Waals surface area contributed by atoms with Crippen molar-refractivity contribution in [1.82, 2.24) is 4.31 Å². The Morgan fingerprint density at radius 1 is 1.50 bits per heavy atom. The van der Waals surface area contributed by atoms with Crippen molar-refractivity contribution in [3.8, 4) is 0 Å². The van der Waals surface area contributed by atoms with Crippen LogP contribution in [-0.4, -0.2) is 25.8 Å². The van der Waals surface area contributed by atoms with E-state index in [-0.39, 0.29) is 17.0 Å². The molecule has 2 rings (SSSR count). The zero-order chi connectivity index (χ0) is 14.9. The van der Waals surface area contributed by atoms with Crippen LogP contribution < -0.4 is 5.73 Å². The van der Waals surface area contributed by atoms with E-state index in [2.05, 4.69) is 15.9 Å². The van der Waals surface area contributed by atoms with Gasteiger partial charge in [-0.3, -0.25) is 0 Å². The molecule has 1 aromatic carbocycles. The van der Waals surface area contributed by atoms with Crippen molar-refractivity contribution >= 4 is 26.0 Å². The molecule has 0 radical (unpaired) electrons. The first-order valence-electron chi connectivity index (χ1n) is 6.58. The number of nitrogens with two attached hydrogens (primary N) is 1. The molecule has 7 heteroatoms. The van der Waals surface area contributed by atoms with Crippen molar-refractivity contribution in [2.75, 3.05) is 13.1 Å². The zero-order valence-corrected chi connectivity index (χ0v) is 13.7. The van der Waals surface area contributed by atoms with Gasteiger partial charge in [-0.1, -0.05) is 29.3 Å². The van der Waals surface area contributed by atoms with Gasteiger partial charge in [-0.25, -0.2) is 12.8 Å². The van der Waals surface area contributed by atoms with Gasteiger partial charge in [-0.2, -0.15) is 4.31 Å². The average Bonchev–Trinajstić information content (AvgIpc) is 2.90. The lowest BCUT2D eigenvalue weighted by molar-refractivity contribution is 0.447. The highest BCUT2D eigenvalue weighted by atomic mass is 79.9. The van der Waals surface area contributed by atoms with Crippen LogP contribution in [0.3, 0.4) is 0 Å². The Hall–Kier alpha value is -0.500. The highest BCUT2D eigenvalue weighted by Crippen LogP contribution is 2.30. The van der Waals surface area contributed by atoms with E-state index in [9.17, 15) is 12.8 Å². The summed E-state index contributed by atoms with van der Waals surface area (Å²) in [5.74, 6) is -0.385. The van der Waals surface area contributed by atoms with Crippen molar-refractivity contribution in [2.24, 2.45) is 11.7 Å². The fourth-order valence-electron chi connectivity index (χ4n) is 2.44. The smallest absolute Gasteiger partial charge is 0.246 e. The highest BCUT2D eigenvalue weighted by molar-refractivity contribution is 9.10. The normalized spacial score (nSPS) is 20.5. The Morgan fingerprint density at radius 2 is 2.20 bits per heavy atom. The first-order chi connectivity index (χ1) is 9.40. The van der Waals surface area contributed by atoms with Gasteiger partial charge in [-0.15, -0.1) is 0 Å². The largest absolute Gasteiger partial charge is 0.326 e. The van der Waals surface area contributed by atoms with E-state index in [4.69, 9.17) is 5.73 Å². The van der Waals surface area contributed by atoms with E-state index in [1.807, 2.05) is 6.92 Å². The number of hydrogen-bond acceptors (Lipinski definition) is 3. The molecule has 4 nitrogen and oxygen atoms in total. The van der Waals surface area contributed by atoms with E-state index in [0.29, 0.717) is 23.5 Å². The van der Waals surface area contributed by atoms with Crippen LogP contribution in [-0.2, 0) is 16.6 Å². The van der Waals surface area contributed by atoms with E-state index < -0.39 is 15.8 Å². The molecule has 1 unspecified atom stereocenters. The number of benzene rings is 1. The number of hydrogen-bond donors (Lipinski definition) is 1. The van der Waals surface area contributed by atoms with Gasteiger partial charge in [-0.05, 0) is 24.5 Å². The standard InChI is InChI=1S/C13H18BrFN2O2S/c1-2-9-3-4-17(8-9)20(18,19)12-6-11(14)5-10(7-16)13(12)15/h5-6,9H,2-4,7-8,16H2,1H3. The summed E-state index contributed by atoms with van der Waals surface area (Å²) < 4.78 is 41.3. The summed E-state index contributed by atoms with van der Waals surface area (Å²) >= 11 is 3.21. The summed E-state index contributed by atoms with van der Waals surface area (Å²) in [5, 5.41) is 0. The molecule has 20 heavy (non-hydrogen) atoms. The maximum Gasteiger partial charge on any atom is 0.246 e. The third-order valence-electron chi connectivity index (χ3n) is 3.74. The Bertz CT molecular complexity index is 607. The predicted octanol–water partition coefficient (Wildman–Crippen LogP) is 2.47. The third-order valence-corrected chi connectivity index (χ3v) is 6.07. The molecule has 1 aliphatic rings. The Balaban J connectivity index is 2.42. The van der Waals surface area contributed by atoms with E-state index in [1.165, 1.54) is 16.4 Å². The van der Waals surface area contributed by atoms with Crippen molar-refractivity contribution in [2.45, 2.75) is 31.2 Å². The Kier molecular flexibility index (Phi) is 4.84. The second kappa shape index (κ2) is 6.09. The predicted molar refractivity (Wildman–Crippen MR) is 79.1 cm³/mol. The van der Waals surface area contributed by atoms with Crippen LogP contribution in [0.4, 0.5) is 4.39 Å². The van der Waals surface area contributed by atoms with Crippen LogP contribution in [0.5, 0.6) is 0 Å². The van der Waals surface area contributed by atoms with Crippen LogP contribution in [0, 0.1) is 11.7 Å². The molecular weight excluding hydrogens is 347 g/mol. The first-order valence-corrected chi connectivity index (χ1v) is 8.81. The molecule has 2 N–H and O–H groups in total. The molecule has 112 valence electrons. The number of rotatable bonds is 4. The molecular formula is C13H18BrFN2O2S. The fourth-order valence-corrected chi connectivity index (χ4v) is 4.76. The minimum atomic E-state index is -3.79. The van der Waals surface area contributed by atoms with E-state index in [0.717, 1.165) is 12.8 Å². The van der Waals surface area contributed by atoms with E-state index in [1.54, 1.807) is 0 Å². The first kappa shape index (κ1) is 15.9. The molecule has 1 heterocycles. The summed E-state index contributed by atoms with van der Waals surface area (Å²) in [6, 6.07) is 2.82. The van der Waals surface area contributed by atoms with Gasteiger partial charge >= 0.3 is 0 Å². The molecule has 0 aliphatic carbocycles. The van der Waals surface area contributed by atoms with Crippen molar-refractivity contribution in [1.29, 1.82) is 0 Å². The molecule has 0 aromatic heterocycles. The molecule has 1 atom stereocenters. The lowest BCUT2D eigenvalue weighted by Crippen LogP contribution is -2.30. The van der Waals surface area contributed by atoms with Gasteiger partial charge in [0, 0.05) is 29.7 Å². The van der Waals surface area contributed by atoms with Gasteiger partial charge < -0.3 is 5.73 Å². The van der Waals surface area contributed by atoms with Crippen molar-refractivity contribution in [3.63, 3.8) is 0 Å². The summed E-state index contributed by atoms with van der Waals surface area (Å²) in [5.41, 5.74) is 5.66. The molecule has 1 aromatic rings. The SMILES string of the molecule is CCC1CCN(S(=O)(=O)c2cc(Br)cc(CN)c2F)C1. The van der Waals surface area contributed by atoms with Crippen LogP contribution in [0.15, 0.2) is 21.5 Å². The van der Waals surface area contributed by atoms with Gasteiger partial charge in [0.05, 0.1) is 0 Å². The minimum absolute atomic E-state index is 0.0363. The molecule has 0 bridgehead atoms. The summed E-state index contributed by atoms with van der Waals surface area (Å²) in [7, 11) is -3.79. The van der Waals surface area contributed by atoms with E-state index >= 15 is 0 Å². The lowest BCUT2D eigenvalue weighted by atomic mass is 10.1. The summed E-state index contributed by atoms with van der Waals surface area (Å²) in [6.45, 7) is 2.91. The number of nitrogens with zero attached hydrogens (tertiary/aromatic N) is 1. The molecule has 0 amide bonds. The molecule has 0 saturated carbocycles. The molecule has 1 fully saturated rings. The topological polar surface area (TPSA) is 63.4 Å². The van der Waals surface area contributed by atoms with Crippen molar-refractivity contribution in [3.05, 3.63) is 28.0 Å². The van der Waals surface area contributed by atoms with Gasteiger partial charge in [0.25, 0.3) is 0 Å². The van der Waals surface area contributed by atoms with Gasteiger partial charge in [0.1, 0.15) is 10.7 Å². The average molecular weight is 365 g/mol. The van der Waals surface area contributed by atoms with Gasteiger partial charge in [0.15, 0.2) is 0 Å². The summed E-state index contributed by atoms with van der Waals surface area (Å²) in [6.07, 6.45) is 1.76. The quantitative estimate of drug-likeness (QED) is 0.892. The monoisotopic (exact) mass is 364 g/mol. The minimum Gasteiger partial charge on any atom is -0.326 e. The Labute approximate surface area is 127 Å². The second-order valence-electron chi connectivity index (χ2n) is 5.01. The number of sulfonamides is 1. The summed E-state index contributed by atoms with van der Waals surface area (Å²) in [4.78, 5) is -0.288. The highest BCUT2D eigenvalue weighted by Gasteiger charge is 2.34. The zero-order valence-electron chi connectivity index (χ0n) is 11.3. The molecule has 1 aliphatic heterocycles. The molecule has 1 saturated heterocycles. The second-order valence-corrected chi connectivity index (χ2v) is 7.83. The van der Waals surface area contributed by atoms with Crippen molar-refractivity contribution < 1.29 is 12.8 Å². The van der Waals surface area contributed by atoms with Crippen LogP contribution in [0.2, 0.25) is 0 Å². The van der Waals surface area contributed by atoms with Crippen LogP contribution in [0.25, 0.3) is 0 Å². The maximum absolute atomic E-state index is 14.3. The van der Waals surface area contributed by atoms with Crippen LogP contribution >= 0.6 is 15.9 Å². The fraction of sp³-hybridized carbons (Fsp3) is 0.538. The molecule has 0 spiro atoms. The lowest BCUT2D eigenvalue weighted by Gasteiger charge is -2.18. The third kappa shape index (κ3) is 2.90. The Morgan fingerprint density at radius 3 is 2.75 bits per heavy atom.